The molecule has 0 saturated carbocycles. The highest BCUT2D eigenvalue weighted by atomic mass is 16.3. The van der Waals surface area contributed by atoms with Crippen LogP contribution >= 0.6 is 0 Å². The maximum absolute atomic E-state index is 13.8. The van der Waals surface area contributed by atoms with Gasteiger partial charge in [0, 0.05) is 38.3 Å². The predicted octanol–water partition coefficient (Wildman–Crippen LogP) is 4.01. The molecule has 0 radical (unpaired) electrons. The first-order valence-electron chi connectivity index (χ1n) is 12.9. The minimum atomic E-state index is -0.974. The number of fused-ring (bicyclic) bond motifs is 1. The van der Waals surface area contributed by atoms with Gasteiger partial charge in [-0.05, 0) is 60.2 Å². The van der Waals surface area contributed by atoms with Crippen LogP contribution in [0.15, 0.2) is 60.7 Å². The van der Waals surface area contributed by atoms with E-state index in [4.69, 9.17) is 0 Å². The fourth-order valence-electron chi connectivity index (χ4n) is 7.01. The summed E-state index contributed by atoms with van der Waals surface area (Å²) in [6.07, 6.45) is 1.77. The van der Waals surface area contributed by atoms with Crippen LogP contribution in [0.1, 0.15) is 55.8 Å². The molecule has 186 valence electrons. The van der Waals surface area contributed by atoms with E-state index in [-0.39, 0.29) is 30.3 Å². The quantitative estimate of drug-likeness (QED) is 0.588. The predicted molar refractivity (Wildman–Crippen MR) is 141 cm³/mol. The number of nitrogens with one attached hydrogen (secondary N) is 1. The van der Waals surface area contributed by atoms with Crippen molar-refractivity contribution < 1.29 is 14.7 Å². The van der Waals surface area contributed by atoms with Crippen molar-refractivity contribution in [2.75, 3.05) is 25.0 Å². The van der Waals surface area contributed by atoms with E-state index in [1.165, 1.54) is 10.9 Å². The van der Waals surface area contributed by atoms with Gasteiger partial charge in [-0.1, -0.05) is 54.6 Å². The van der Waals surface area contributed by atoms with Gasteiger partial charge in [-0.15, -0.1) is 0 Å². The average molecular weight is 484 g/mol. The van der Waals surface area contributed by atoms with E-state index in [0.29, 0.717) is 0 Å². The van der Waals surface area contributed by atoms with Crippen LogP contribution in [0.4, 0.5) is 5.69 Å². The molecule has 0 aromatic heterocycles. The second kappa shape index (κ2) is 8.15. The summed E-state index contributed by atoms with van der Waals surface area (Å²) in [7, 11) is 1.61. The third-order valence-corrected chi connectivity index (χ3v) is 8.78. The molecule has 2 heterocycles. The maximum Gasteiger partial charge on any atom is 0.238 e. The Kier molecular flexibility index (Phi) is 5.25. The number of benzene rings is 3. The van der Waals surface area contributed by atoms with Crippen molar-refractivity contribution in [3.8, 4) is 0 Å². The van der Waals surface area contributed by atoms with Crippen LogP contribution in [0.3, 0.4) is 0 Å². The summed E-state index contributed by atoms with van der Waals surface area (Å²) in [5.41, 5.74) is 2.21. The first kappa shape index (κ1) is 23.2. The number of aliphatic hydroxyl groups is 1. The van der Waals surface area contributed by atoms with Crippen LogP contribution in [0.5, 0.6) is 0 Å². The van der Waals surface area contributed by atoms with Gasteiger partial charge in [0.05, 0.1) is 11.5 Å². The number of carbonyl (C=O) groups excluding carboxylic acids is 2. The number of rotatable bonds is 4. The van der Waals surface area contributed by atoms with E-state index in [0.717, 1.165) is 48.1 Å². The Morgan fingerprint density at radius 3 is 2.39 bits per heavy atom. The molecule has 3 aromatic rings. The summed E-state index contributed by atoms with van der Waals surface area (Å²) in [6.45, 7) is 5.40. The van der Waals surface area contributed by atoms with Gasteiger partial charge in [-0.25, -0.2) is 0 Å². The van der Waals surface area contributed by atoms with Gasteiger partial charge in [0.1, 0.15) is 5.60 Å². The SMILES string of the molecule is CNC(=O)CC1(C)C(=O)N(C2CCN(C3c4cccc5cccc(c45)C3(C)O)CC2)c2ccccc21. The van der Waals surface area contributed by atoms with Crippen LogP contribution in [0.25, 0.3) is 10.8 Å². The Morgan fingerprint density at radius 1 is 1.00 bits per heavy atom. The lowest BCUT2D eigenvalue weighted by Gasteiger charge is -2.43. The normalized spacial score (nSPS) is 28.1. The molecule has 2 N–H and O–H groups in total. The second-order valence-electron chi connectivity index (χ2n) is 10.9. The highest BCUT2D eigenvalue weighted by Crippen LogP contribution is 2.52. The van der Waals surface area contributed by atoms with Crippen molar-refractivity contribution in [1.29, 1.82) is 0 Å². The number of amides is 2. The molecule has 3 unspecified atom stereocenters. The second-order valence-corrected chi connectivity index (χ2v) is 10.9. The molecule has 3 atom stereocenters. The lowest BCUT2D eigenvalue weighted by Crippen LogP contribution is -2.51. The molecule has 1 aliphatic carbocycles. The van der Waals surface area contributed by atoms with E-state index < -0.39 is 11.0 Å². The van der Waals surface area contributed by atoms with Gasteiger partial charge in [0.15, 0.2) is 0 Å². The number of para-hydroxylation sites is 1. The number of hydrogen-bond acceptors (Lipinski definition) is 4. The highest BCUT2D eigenvalue weighted by Gasteiger charge is 2.52. The lowest BCUT2D eigenvalue weighted by molar-refractivity contribution is -0.129. The van der Waals surface area contributed by atoms with Crippen LogP contribution in [-0.2, 0) is 20.6 Å². The van der Waals surface area contributed by atoms with Gasteiger partial charge in [0.25, 0.3) is 0 Å². The topological polar surface area (TPSA) is 72.9 Å². The Labute approximate surface area is 211 Å². The van der Waals surface area contributed by atoms with Crippen molar-refractivity contribution in [3.05, 3.63) is 77.4 Å². The molecular weight excluding hydrogens is 450 g/mol. The molecule has 3 aliphatic rings. The fourth-order valence-corrected chi connectivity index (χ4v) is 7.01. The van der Waals surface area contributed by atoms with Gasteiger partial charge in [-0.2, -0.15) is 0 Å². The Morgan fingerprint density at radius 2 is 1.67 bits per heavy atom. The monoisotopic (exact) mass is 483 g/mol. The van der Waals surface area contributed by atoms with Gasteiger partial charge in [0.2, 0.25) is 11.8 Å². The fraction of sp³-hybridized carbons (Fsp3) is 0.400. The smallest absolute Gasteiger partial charge is 0.238 e. The van der Waals surface area contributed by atoms with Crippen molar-refractivity contribution in [3.63, 3.8) is 0 Å². The zero-order valence-electron chi connectivity index (χ0n) is 21.1. The molecule has 2 aliphatic heterocycles. The third kappa shape index (κ3) is 3.17. The minimum Gasteiger partial charge on any atom is -0.383 e. The number of likely N-dealkylation sites (tertiary alicyclic amines) is 1. The zero-order chi connectivity index (χ0) is 25.2. The minimum absolute atomic E-state index is 0.00999. The van der Waals surface area contributed by atoms with Gasteiger partial charge in [-0.3, -0.25) is 14.5 Å². The van der Waals surface area contributed by atoms with Crippen LogP contribution < -0.4 is 10.2 Å². The molecule has 6 rings (SSSR count). The molecule has 1 saturated heterocycles. The molecule has 6 heteroatoms. The van der Waals surface area contributed by atoms with Gasteiger partial charge >= 0.3 is 0 Å². The first-order valence-corrected chi connectivity index (χ1v) is 12.9. The molecule has 0 spiro atoms. The molecule has 6 nitrogen and oxygen atoms in total. The molecular formula is C30H33N3O3. The standard InChI is InChI=1S/C30H33N3O3/c1-29(18-25(34)31-3)22-11-4-5-13-24(22)33(28(29)35)20-14-16-32(17-15-20)27-21-10-6-8-19-9-7-12-23(26(19)21)30(27,2)36/h4-13,20,27,36H,14-18H2,1-3H3,(H,31,34). The number of carbonyl (C=O) groups is 2. The molecule has 3 aromatic carbocycles. The Hall–Kier alpha value is -3.22. The number of nitrogens with zero attached hydrogens (tertiary/aromatic N) is 2. The summed E-state index contributed by atoms with van der Waals surface area (Å²) in [5, 5.41) is 16.7. The van der Waals surface area contributed by atoms with Crippen molar-refractivity contribution >= 4 is 28.3 Å². The molecule has 0 bridgehead atoms. The van der Waals surface area contributed by atoms with E-state index in [2.05, 4.69) is 34.5 Å². The van der Waals surface area contributed by atoms with Crippen molar-refractivity contribution in [1.82, 2.24) is 10.2 Å². The summed E-state index contributed by atoms with van der Waals surface area (Å²) >= 11 is 0. The molecule has 2 amide bonds. The highest BCUT2D eigenvalue weighted by molar-refractivity contribution is 6.10. The largest absolute Gasteiger partial charge is 0.383 e. The number of piperidine rings is 1. The Bertz CT molecular complexity index is 1370. The summed E-state index contributed by atoms with van der Waals surface area (Å²) in [6, 6.07) is 20.4. The lowest BCUT2D eigenvalue weighted by atomic mass is 9.80. The van der Waals surface area contributed by atoms with Crippen molar-refractivity contribution in [2.24, 2.45) is 0 Å². The number of anilines is 1. The summed E-state index contributed by atoms with van der Waals surface area (Å²) < 4.78 is 0. The van der Waals surface area contributed by atoms with E-state index in [1.807, 2.05) is 55.1 Å². The maximum atomic E-state index is 13.8. The first-order chi connectivity index (χ1) is 17.3. The molecule has 36 heavy (non-hydrogen) atoms. The van der Waals surface area contributed by atoms with Crippen LogP contribution in [0.2, 0.25) is 0 Å². The van der Waals surface area contributed by atoms with E-state index in [9.17, 15) is 14.7 Å². The van der Waals surface area contributed by atoms with E-state index in [1.54, 1.807) is 7.05 Å². The van der Waals surface area contributed by atoms with Gasteiger partial charge < -0.3 is 15.3 Å². The zero-order valence-corrected chi connectivity index (χ0v) is 21.1. The third-order valence-electron chi connectivity index (χ3n) is 8.78. The number of hydrogen-bond donors (Lipinski definition) is 2. The summed E-state index contributed by atoms with van der Waals surface area (Å²) in [4.78, 5) is 30.5. The average Bonchev–Trinajstić information content (AvgIpc) is 3.25. The van der Waals surface area contributed by atoms with Crippen LogP contribution in [-0.4, -0.2) is 48.0 Å². The van der Waals surface area contributed by atoms with Crippen molar-refractivity contribution in [2.45, 2.75) is 56.2 Å². The Balaban J connectivity index is 1.27. The summed E-state index contributed by atoms with van der Waals surface area (Å²) in [5.74, 6) is -0.120. The van der Waals surface area contributed by atoms with Crippen LogP contribution in [0, 0.1) is 0 Å². The van der Waals surface area contributed by atoms with E-state index >= 15 is 0 Å². The molecule has 1 fully saturated rings.